The Kier molecular flexibility index (Phi) is 11.6. The quantitative estimate of drug-likeness (QED) is 0.198. The lowest BCUT2D eigenvalue weighted by Crippen LogP contribution is -2.60. The summed E-state index contributed by atoms with van der Waals surface area (Å²) in [5, 5.41) is 40.4. The summed E-state index contributed by atoms with van der Waals surface area (Å²) in [6.07, 6.45) is 12.9. The van der Waals surface area contributed by atoms with Crippen LogP contribution in [0.4, 0.5) is 0 Å². The molecule has 41 heavy (non-hydrogen) atoms. The second-order valence-electron chi connectivity index (χ2n) is 14.7. The van der Waals surface area contributed by atoms with E-state index in [1.807, 2.05) is 0 Å². The maximum absolute atomic E-state index is 10.5. The van der Waals surface area contributed by atoms with Crippen LogP contribution in [0.1, 0.15) is 106 Å². The van der Waals surface area contributed by atoms with Crippen molar-refractivity contribution in [2.24, 2.45) is 46.8 Å². The molecule has 0 aromatic rings. The van der Waals surface area contributed by atoms with Crippen LogP contribution >= 0.6 is 0 Å². The highest BCUT2D eigenvalue weighted by Gasteiger charge is 2.49. The van der Waals surface area contributed by atoms with E-state index in [0.717, 1.165) is 62.2 Å². The molecule has 2 saturated carbocycles. The van der Waals surface area contributed by atoms with Crippen molar-refractivity contribution >= 4 is 0 Å². The molecular weight excluding hydrogens is 516 g/mol. The van der Waals surface area contributed by atoms with Crippen LogP contribution in [-0.2, 0) is 9.47 Å². The Balaban J connectivity index is 1.41. The maximum Gasteiger partial charge on any atom is 0.186 e. The summed E-state index contributed by atoms with van der Waals surface area (Å²) < 4.78 is 11.9. The van der Waals surface area contributed by atoms with E-state index in [9.17, 15) is 20.4 Å². The van der Waals surface area contributed by atoms with Crippen molar-refractivity contribution in [2.45, 2.75) is 143 Å². The molecule has 6 heteroatoms. The molecule has 1 heterocycles. The van der Waals surface area contributed by atoms with E-state index in [2.05, 4.69) is 59.8 Å². The number of ether oxygens (including phenoxy) is 2. The molecule has 4 N–H and O–H groups in total. The van der Waals surface area contributed by atoms with Gasteiger partial charge in [0.25, 0.3) is 0 Å². The largest absolute Gasteiger partial charge is 0.394 e. The van der Waals surface area contributed by atoms with Gasteiger partial charge in [0.1, 0.15) is 24.4 Å². The Morgan fingerprint density at radius 3 is 2.46 bits per heavy atom. The summed E-state index contributed by atoms with van der Waals surface area (Å²) >= 11 is 0. The molecule has 0 bridgehead atoms. The minimum absolute atomic E-state index is 0.0829. The van der Waals surface area contributed by atoms with E-state index >= 15 is 0 Å². The van der Waals surface area contributed by atoms with Crippen LogP contribution in [-0.4, -0.2) is 63.8 Å². The molecular formula is C35H60O6. The third-order valence-electron chi connectivity index (χ3n) is 11.9. The van der Waals surface area contributed by atoms with Gasteiger partial charge in [-0.3, -0.25) is 0 Å². The van der Waals surface area contributed by atoms with Crippen LogP contribution in [0.25, 0.3) is 0 Å². The number of fused-ring (bicyclic) bond motifs is 3. The first-order valence-electron chi connectivity index (χ1n) is 16.8. The smallest absolute Gasteiger partial charge is 0.186 e. The van der Waals surface area contributed by atoms with E-state index < -0.39 is 37.3 Å². The lowest BCUT2D eigenvalue weighted by atomic mass is 9.54. The number of allylic oxidation sites excluding steroid dienone is 4. The second-order valence-corrected chi connectivity index (χ2v) is 14.7. The number of aliphatic hydroxyl groups excluding tert-OH is 4. The van der Waals surface area contributed by atoms with Crippen molar-refractivity contribution in [3.8, 4) is 0 Å². The molecule has 0 radical (unpaired) electrons. The van der Waals surface area contributed by atoms with E-state index in [4.69, 9.17) is 9.47 Å². The van der Waals surface area contributed by atoms with Gasteiger partial charge in [0.2, 0.25) is 0 Å². The van der Waals surface area contributed by atoms with Crippen LogP contribution in [0.15, 0.2) is 23.8 Å². The van der Waals surface area contributed by atoms with Gasteiger partial charge in [-0.2, -0.15) is 0 Å². The van der Waals surface area contributed by atoms with E-state index in [0.29, 0.717) is 17.8 Å². The van der Waals surface area contributed by atoms with Gasteiger partial charge in [0.05, 0.1) is 12.7 Å². The summed E-state index contributed by atoms with van der Waals surface area (Å²) in [5.41, 5.74) is 1.77. The first kappa shape index (κ1) is 33.1. The lowest BCUT2D eigenvalue weighted by molar-refractivity contribution is -0.315. The molecule has 13 unspecified atom stereocenters. The number of hydrogen-bond donors (Lipinski definition) is 4. The fourth-order valence-corrected chi connectivity index (χ4v) is 8.83. The van der Waals surface area contributed by atoms with Crippen molar-refractivity contribution in [2.75, 3.05) is 6.61 Å². The molecule has 4 rings (SSSR count). The van der Waals surface area contributed by atoms with Crippen LogP contribution in [0.5, 0.6) is 0 Å². The number of aliphatic hydroxyl groups is 4. The van der Waals surface area contributed by atoms with Gasteiger partial charge in [-0.1, -0.05) is 78.2 Å². The molecule has 0 aromatic heterocycles. The standard InChI is InChI=1S/C35H60O6/c1-7-24(21(2)3)13-11-22(4)28-10-8-9-25-14-15-26-19-27(17-18-35(26,6)29(25)16-12-23(28)5)40-34-33(39)32(38)31(37)30(20-36)41-34/h8-9,16,21-28,30-34,36-39H,7,10-15,17-20H2,1-6H3. The van der Waals surface area contributed by atoms with Crippen LogP contribution in [0.2, 0.25) is 0 Å². The maximum atomic E-state index is 10.5. The minimum Gasteiger partial charge on any atom is -0.394 e. The molecule has 0 spiro atoms. The molecule has 13 atom stereocenters. The fourth-order valence-electron chi connectivity index (χ4n) is 8.83. The highest BCUT2D eigenvalue weighted by Crippen LogP contribution is 2.56. The molecule has 3 fully saturated rings. The zero-order valence-corrected chi connectivity index (χ0v) is 26.6. The summed E-state index contributed by atoms with van der Waals surface area (Å²) in [6.45, 7) is 14.1. The SMILES string of the molecule is CCC(CCC(C)C1CC=CC2CCC3CC(OC4OC(CO)C(O)C(O)C4O)CCC3(C)C2=CCC1C)C(C)C. The third-order valence-corrected chi connectivity index (χ3v) is 11.9. The Morgan fingerprint density at radius 2 is 1.78 bits per heavy atom. The van der Waals surface area contributed by atoms with Crippen LogP contribution < -0.4 is 0 Å². The average Bonchev–Trinajstić information content (AvgIpc) is 3.02. The summed E-state index contributed by atoms with van der Waals surface area (Å²) in [4.78, 5) is 0. The Labute approximate surface area is 249 Å². The van der Waals surface area contributed by atoms with Gasteiger partial charge in [-0.25, -0.2) is 0 Å². The van der Waals surface area contributed by atoms with Crippen molar-refractivity contribution in [3.63, 3.8) is 0 Å². The van der Waals surface area contributed by atoms with E-state index in [1.165, 1.54) is 25.7 Å². The predicted molar refractivity (Wildman–Crippen MR) is 163 cm³/mol. The van der Waals surface area contributed by atoms with E-state index in [1.54, 1.807) is 5.57 Å². The number of rotatable bonds is 9. The van der Waals surface area contributed by atoms with Gasteiger partial charge in [-0.15, -0.1) is 0 Å². The van der Waals surface area contributed by atoms with Gasteiger partial charge in [0, 0.05) is 0 Å². The average molecular weight is 577 g/mol. The van der Waals surface area contributed by atoms with Crippen LogP contribution in [0, 0.1) is 46.8 Å². The monoisotopic (exact) mass is 576 g/mol. The highest BCUT2D eigenvalue weighted by molar-refractivity contribution is 5.27. The van der Waals surface area contributed by atoms with Crippen molar-refractivity contribution in [1.82, 2.24) is 0 Å². The molecule has 236 valence electrons. The lowest BCUT2D eigenvalue weighted by Gasteiger charge is -2.52. The normalized spacial score (nSPS) is 43.2. The van der Waals surface area contributed by atoms with Gasteiger partial charge in [-0.05, 0) is 98.2 Å². The Bertz CT molecular complexity index is 884. The minimum atomic E-state index is -1.40. The topological polar surface area (TPSA) is 99.4 Å². The summed E-state index contributed by atoms with van der Waals surface area (Å²) in [7, 11) is 0. The van der Waals surface area contributed by atoms with E-state index in [-0.39, 0.29) is 11.5 Å². The zero-order chi connectivity index (χ0) is 29.9. The number of hydrogen-bond acceptors (Lipinski definition) is 6. The van der Waals surface area contributed by atoms with Crippen molar-refractivity contribution in [3.05, 3.63) is 23.8 Å². The third kappa shape index (κ3) is 7.32. The molecule has 4 aliphatic rings. The molecule has 1 aliphatic heterocycles. The first-order valence-corrected chi connectivity index (χ1v) is 16.8. The van der Waals surface area contributed by atoms with Gasteiger partial charge < -0.3 is 29.9 Å². The first-order chi connectivity index (χ1) is 19.5. The van der Waals surface area contributed by atoms with Gasteiger partial charge >= 0.3 is 0 Å². The van der Waals surface area contributed by atoms with Crippen LogP contribution in [0.3, 0.4) is 0 Å². The van der Waals surface area contributed by atoms with Crippen molar-refractivity contribution in [1.29, 1.82) is 0 Å². The molecule has 3 aliphatic carbocycles. The summed E-state index contributed by atoms with van der Waals surface area (Å²) in [6, 6.07) is 0. The summed E-state index contributed by atoms with van der Waals surface area (Å²) in [5.74, 6) is 4.74. The highest BCUT2D eigenvalue weighted by atomic mass is 16.7. The molecule has 6 nitrogen and oxygen atoms in total. The zero-order valence-electron chi connectivity index (χ0n) is 26.6. The van der Waals surface area contributed by atoms with Gasteiger partial charge in [0.15, 0.2) is 6.29 Å². The predicted octanol–water partition coefficient (Wildman–Crippen LogP) is 6.02. The van der Waals surface area contributed by atoms with Crippen molar-refractivity contribution < 1.29 is 29.9 Å². The Hall–Kier alpha value is -0.760. The molecule has 0 amide bonds. The molecule has 1 saturated heterocycles. The fraction of sp³-hybridized carbons (Fsp3) is 0.886. The Morgan fingerprint density at radius 1 is 1.02 bits per heavy atom. The molecule has 0 aromatic carbocycles. The second kappa shape index (κ2) is 14.3.